The summed E-state index contributed by atoms with van der Waals surface area (Å²) >= 11 is 0. The number of esters is 1. The van der Waals surface area contributed by atoms with Crippen LogP contribution in [0.1, 0.15) is 12.8 Å². The van der Waals surface area contributed by atoms with Gasteiger partial charge in [0.15, 0.2) is 0 Å². The molecule has 0 aromatic heterocycles. The number of fused-ring (bicyclic) bond motifs is 1. The fourth-order valence-corrected chi connectivity index (χ4v) is 1.90. The van der Waals surface area contributed by atoms with Crippen molar-refractivity contribution in [3.63, 3.8) is 0 Å². The molecule has 0 spiro atoms. The number of nitrogens with zero attached hydrogens (tertiary/aromatic N) is 1. The van der Waals surface area contributed by atoms with E-state index in [1.165, 1.54) is 12.7 Å². The first-order chi connectivity index (χ1) is 8.24. The van der Waals surface area contributed by atoms with E-state index in [4.69, 9.17) is 4.74 Å². The Bertz CT molecular complexity index is 548. The Hall–Kier alpha value is -1.84. The van der Waals surface area contributed by atoms with Gasteiger partial charge in [0, 0.05) is 11.6 Å². The van der Waals surface area contributed by atoms with E-state index in [9.17, 15) is 4.79 Å². The molecule has 0 saturated carbocycles. The molecule has 1 aromatic rings. The van der Waals surface area contributed by atoms with Crippen LogP contribution in [-0.4, -0.2) is 26.7 Å². The van der Waals surface area contributed by atoms with Crippen molar-refractivity contribution in [1.29, 1.82) is 0 Å². The Labute approximate surface area is 99.6 Å². The zero-order valence-corrected chi connectivity index (χ0v) is 10.0. The highest BCUT2D eigenvalue weighted by atomic mass is 16.5. The third-order valence-electron chi connectivity index (χ3n) is 2.88. The second kappa shape index (κ2) is 4.99. The van der Waals surface area contributed by atoms with Crippen molar-refractivity contribution in [3.05, 3.63) is 28.8 Å². The average molecular weight is 233 g/mol. The van der Waals surface area contributed by atoms with Crippen molar-refractivity contribution < 1.29 is 14.3 Å². The highest BCUT2D eigenvalue weighted by Crippen LogP contribution is 2.10. The maximum atomic E-state index is 11.1. The lowest BCUT2D eigenvalue weighted by Crippen LogP contribution is -2.23. The molecule has 0 unspecified atom stereocenters. The molecule has 1 heterocycles. The van der Waals surface area contributed by atoms with Gasteiger partial charge in [0.1, 0.15) is 5.75 Å². The topological polar surface area (TPSA) is 47.9 Å². The maximum absolute atomic E-state index is 11.1. The van der Waals surface area contributed by atoms with Gasteiger partial charge in [0.25, 0.3) is 0 Å². The first-order valence-electron chi connectivity index (χ1n) is 5.52. The summed E-state index contributed by atoms with van der Waals surface area (Å²) in [6, 6.07) is 5.81. The highest BCUT2D eigenvalue weighted by molar-refractivity contribution is 5.71. The van der Waals surface area contributed by atoms with Crippen molar-refractivity contribution in [2.24, 2.45) is 4.99 Å². The number of methoxy groups -OCH3 is 2. The SMILES string of the molecule is COC(=O)CCC1=c2cc(OC)ccc2=NC1. The average Bonchev–Trinajstić information content (AvgIpc) is 2.78. The Morgan fingerprint density at radius 2 is 2.24 bits per heavy atom. The van der Waals surface area contributed by atoms with E-state index >= 15 is 0 Å². The molecule has 0 radical (unpaired) electrons. The number of benzene rings is 1. The van der Waals surface area contributed by atoms with E-state index in [1.54, 1.807) is 7.11 Å². The Kier molecular flexibility index (Phi) is 3.42. The van der Waals surface area contributed by atoms with Gasteiger partial charge in [-0.25, -0.2) is 0 Å². The monoisotopic (exact) mass is 233 g/mol. The molecule has 0 amide bonds. The predicted octanol–water partition coefficient (Wildman–Crippen LogP) is 0.432. The zero-order valence-electron chi connectivity index (χ0n) is 10.0. The van der Waals surface area contributed by atoms with Gasteiger partial charge in [-0.15, -0.1) is 0 Å². The van der Waals surface area contributed by atoms with E-state index < -0.39 is 0 Å². The Balaban J connectivity index is 2.27. The van der Waals surface area contributed by atoms with E-state index in [2.05, 4.69) is 9.73 Å². The van der Waals surface area contributed by atoms with Gasteiger partial charge in [-0.05, 0) is 30.2 Å². The Morgan fingerprint density at radius 3 is 2.94 bits per heavy atom. The summed E-state index contributed by atoms with van der Waals surface area (Å²) < 4.78 is 9.82. The van der Waals surface area contributed by atoms with Gasteiger partial charge in [-0.1, -0.05) is 0 Å². The quantitative estimate of drug-likeness (QED) is 0.709. The minimum atomic E-state index is -0.186. The van der Waals surface area contributed by atoms with Crippen LogP contribution in [0.15, 0.2) is 23.2 Å². The number of rotatable bonds is 4. The van der Waals surface area contributed by atoms with Crippen LogP contribution in [0.2, 0.25) is 0 Å². The van der Waals surface area contributed by atoms with Crippen LogP contribution >= 0.6 is 0 Å². The predicted molar refractivity (Wildman–Crippen MR) is 63.3 cm³/mol. The minimum Gasteiger partial charge on any atom is -0.497 e. The zero-order chi connectivity index (χ0) is 12.3. The molecule has 2 rings (SSSR count). The summed E-state index contributed by atoms with van der Waals surface area (Å²) in [5.74, 6) is 0.630. The fraction of sp³-hybridized carbons (Fsp3) is 0.385. The summed E-state index contributed by atoms with van der Waals surface area (Å²) in [6.07, 6.45) is 1.09. The molecule has 0 aliphatic carbocycles. The first-order valence-corrected chi connectivity index (χ1v) is 5.52. The molecule has 0 bridgehead atoms. The summed E-state index contributed by atoms with van der Waals surface area (Å²) in [4.78, 5) is 15.5. The number of carbonyl (C=O) groups excluding carboxylic acids is 1. The van der Waals surface area contributed by atoms with Crippen LogP contribution in [0.5, 0.6) is 5.75 Å². The van der Waals surface area contributed by atoms with Crippen molar-refractivity contribution in [1.82, 2.24) is 0 Å². The molecule has 90 valence electrons. The van der Waals surface area contributed by atoms with Crippen LogP contribution in [0, 0.1) is 0 Å². The van der Waals surface area contributed by atoms with E-state index in [0.717, 1.165) is 16.3 Å². The van der Waals surface area contributed by atoms with Gasteiger partial charge in [-0.3, -0.25) is 9.79 Å². The molecular formula is C13H15NO3. The lowest BCUT2D eigenvalue weighted by Gasteiger charge is -2.01. The van der Waals surface area contributed by atoms with Crippen LogP contribution in [0.25, 0.3) is 5.57 Å². The fourth-order valence-electron chi connectivity index (χ4n) is 1.90. The van der Waals surface area contributed by atoms with Gasteiger partial charge in [0.2, 0.25) is 0 Å². The van der Waals surface area contributed by atoms with Crippen LogP contribution in [0.3, 0.4) is 0 Å². The summed E-state index contributed by atoms with van der Waals surface area (Å²) in [7, 11) is 3.05. The largest absolute Gasteiger partial charge is 0.497 e. The van der Waals surface area contributed by atoms with Gasteiger partial charge in [-0.2, -0.15) is 0 Å². The Morgan fingerprint density at radius 1 is 1.41 bits per heavy atom. The lowest BCUT2D eigenvalue weighted by molar-refractivity contribution is -0.140. The third-order valence-corrected chi connectivity index (χ3v) is 2.88. The van der Waals surface area contributed by atoms with Gasteiger partial charge < -0.3 is 9.47 Å². The molecule has 0 atom stereocenters. The molecule has 0 fully saturated rings. The van der Waals surface area contributed by atoms with E-state index in [1.807, 2.05) is 18.2 Å². The molecule has 4 nitrogen and oxygen atoms in total. The summed E-state index contributed by atoms with van der Waals surface area (Å²) in [5, 5.41) is 2.07. The number of hydrogen-bond acceptors (Lipinski definition) is 4. The molecule has 1 aliphatic rings. The molecule has 0 saturated heterocycles. The maximum Gasteiger partial charge on any atom is 0.305 e. The number of hydrogen-bond donors (Lipinski definition) is 0. The molecular weight excluding hydrogens is 218 g/mol. The van der Waals surface area contributed by atoms with Crippen molar-refractivity contribution in [2.75, 3.05) is 20.8 Å². The van der Waals surface area contributed by atoms with Gasteiger partial charge >= 0.3 is 5.97 Å². The standard InChI is InChI=1S/C13H15NO3/c1-16-10-4-5-12-11(7-10)9(8-14-12)3-6-13(15)17-2/h4-5,7H,3,6,8H2,1-2H3. The highest BCUT2D eigenvalue weighted by Gasteiger charge is 2.09. The van der Waals surface area contributed by atoms with E-state index in [-0.39, 0.29) is 5.97 Å². The molecule has 1 aromatic carbocycles. The van der Waals surface area contributed by atoms with Crippen molar-refractivity contribution in [3.8, 4) is 5.75 Å². The first kappa shape index (κ1) is 11.6. The third kappa shape index (κ3) is 2.46. The second-order valence-corrected chi connectivity index (χ2v) is 3.88. The summed E-state index contributed by atoms with van der Waals surface area (Å²) in [6.45, 7) is 0.666. The lowest BCUT2D eigenvalue weighted by atomic mass is 10.1. The van der Waals surface area contributed by atoms with Crippen LogP contribution in [0.4, 0.5) is 0 Å². The van der Waals surface area contributed by atoms with Gasteiger partial charge in [0.05, 0.1) is 26.1 Å². The molecule has 1 aliphatic heterocycles. The number of ether oxygens (including phenoxy) is 2. The normalized spacial score (nSPS) is 12.9. The minimum absolute atomic E-state index is 0.186. The molecule has 0 N–H and O–H groups in total. The second-order valence-electron chi connectivity index (χ2n) is 3.88. The van der Waals surface area contributed by atoms with Crippen LogP contribution in [-0.2, 0) is 9.53 Å². The van der Waals surface area contributed by atoms with Crippen molar-refractivity contribution >= 4 is 11.5 Å². The molecule has 4 heteroatoms. The smallest absolute Gasteiger partial charge is 0.305 e. The van der Waals surface area contributed by atoms with Crippen LogP contribution < -0.4 is 15.3 Å². The summed E-state index contributed by atoms with van der Waals surface area (Å²) in [5.41, 5.74) is 1.17. The number of carbonyl (C=O) groups is 1. The van der Waals surface area contributed by atoms with Crippen molar-refractivity contribution in [2.45, 2.75) is 12.8 Å². The molecule has 17 heavy (non-hydrogen) atoms. The van der Waals surface area contributed by atoms with E-state index in [0.29, 0.717) is 19.4 Å².